The van der Waals surface area contributed by atoms with E-state index in [9.17, 15) is 13.2 Å². The van der Waals surface area contributed by atoms with Crippen LogP contribution in [0.4, 0.5) is 0 Å². The second-order valence-corrected chi connectivity index (χ2v) is 7.01. The smallest absolute Gasteiger partial charge is 0.329 e. The van der Waals surface area contributed by atoms with E-state index >= 15 is 0 Å². The second-order valence-electron chi connectivity index (χ2n) is 5.04. The third kappa shape index (κ3) is 4.80. The van der Waals surface area contributed by atoms with Gasteiger partial charge < -0.3 is 9.84 Å². The zero-order valence-corrected chi connectivity index (χ0v) is 12.5. The van der Waals surface area contributed by atoms with Crippen molar-refractivity contribution in [3.63, 3.8) is 0 Å². The molecule has 1 aromatic carbocycles. The molecule has 7 heteroatoms. The van der Waals surface area contributed by atoms with Gasteiger partial charge in [-0.1, -0.05) is 30.3 Å². The van der Waals surface area contributed by atoms with Gasteiger partial charge in [0.05, 0.1) is 11.9 Å². The maximum Gasteiger partial charge on any atom is 0.329 e. The molecule has 21 heavy (non-hydrogen) atoms. The third-order valence-corrected chi connectivity index (χ3v) is 5.28. The van der Waals surface area contributed by atoms with Crippen molar-refractivity contribution >= 4 is 16.0 Å². The van der Waals surface area contributed by atoms with Gasteiger partial charge in [-0.3, -0.25) is 0 Å². The van der Waals surface area contributed by atoms with Gasteiger partial charge in [0.2, 0.25) is 10.0 Å². The van der Waals surface area contributed by atoms with Crippen LogP contribution in [0.25, 0.3) is 0 Å². The number of ether oxygens (including phenoxy) is 1. The Hall–Kier alpha value is -1.44. The van der Waals surface area contributed by atoms with E-state index in [0.29, 0.717) is 25.9 Å². The van der Waals surface area contributed by atoms with Gasteiger partial charge in [0.15, 0.2) is 0 Å². The first-order valence-electron chi connectivity index (χ1n) is 6.82. The SMILES string of the molecule is O=C(O)COC1CCN(S(=O)(=O)Cc2ccccc2)CC1. The van der Waals surface area contributed by atoms with E-state index in [2.05, 4.69) is 0 Å². The molecule has 0 amide bonds. The number of carboxylic acid groups (broad SMARTS) is 1. The van der Waals surface area contributed by atoms with E-state index < -0.39 is 16.0 Å². The number of sulfonamides is 1. The molecule has 1 fully saturated rings. The van der Waals surface area contributed by atoms with Crippen LogP contribution in [0, 0.1) is 0 Å². The van der Waals surface area contributed by atoms with Crippen molar-refractivity contribution in [1.29, 1.82) is 0 Å². The Bertz CT molecular complexity index is 564. The average Bonchev–Trinajstić information content (AvgIpc) is 2.46. The Labute approximate surface area is 124 Å². The lowest BCUT2D eigenvalue weighted by molar-refractivity contribution is -0.145. The van der Waals surface area contributed by atoms with Crippen LogP contribution in [-0.4, -0.2) is 49.6 Å². The van der Waals surface area contributed by atoms with E-state index in [1.165, 1.54) is 4.31 Å². The molecule has 1 heterocycles. The topological polar surface area (TPSA) is 83.9 Å². The molecule has 0 aromatic heterocycles. The molecule has 6 nitrogen and oxygen atoms in total. The quantitative estimate of drug-likeness (QED) is 0.849. The molecule has 2 rings (SSSR count). The predicted molar refractivity (Wildman–Crippen MR) is 77.2 cm³/mol. The lowest BCUT2D eigenvalue weighted by Crippen LogP contribution is -2.41. The van der Waals surface area contributed by atoms with E-state index in [1.807, 2.05) is 18.2 Å². The first kappa shape index (κ1) is 15.9. The molecule has 0 atom stereocenters. The van der Waals surface area contributed by atoms with Crippen LogP contribution in [0.15, 0.2) is 30.3 Å². The number of hydrogen-bond acceptors (Lipinski definition) is 4. The fourth-order valence-corrected chi connectivity index (χ4v) is 3.91. The van der Waals surface area contributed by atoms with Crippen LogP contribution < -0.4 is 0 Å². The van der Waals surface area contributed by atoms with Crippen molar-refractivity contribution in [2.24, 2.45) is 0 Å². The largest absolute Gasteiger partial charge is 0.480 e. The number of aliphatic carboxylic acids is 1. The lowest BCUT2D eigenvalue weighted by Gasteiger charge is -2.30. The summed E-state index contributed by atoms with van der Waals surface area (Å²) < 4.78 is 31.3. The molecule has 0 spiro atoms. The molecule has 1 aliphatic heterocycles. The molecule has 116 valence electrons. The maximum absolute atomic E-state index is 12.3. The summed E-state index contributed by atoms with van der Waals surface area (Å²) in [5, 5.41) is 8.56. The molecule has 0 saturated carbocycles. The summed E-state index contributed by atoms with van der Waals surface area (Å²) in [7, 11) is -3.33. The lowest BCUT2D eigenvalue weighted by atomic mass is 10.1. The van der Waals surface area contributed by atoms with Crippen molar-refractivity contribution in [2.75, 3.05) is 19.7 Å². The fourth-order valence-electron chi connectivity index (χ4n) is 2.34. The molecule has 1 aromatic rings. The Balaban J connectivity index is 1.87. The highest BCUT2D eigenvalue weighted by atomic mass is 32.2. The van der Waals surface area contributed by atoms with Gasteiger partial charge >= 0.3 is 5.97 Å². The van der Waals surface area contributed by atoms with Crippen molar-refractivity contribution in [3.8, 4) is 0 Å². The van der Waals surface area contributed by atoms with Crippen LogP contribution >= 0.6 is 0 Å². The number of carboxylic acids is 1. The van der Waals surface area contributed by atoms with Crippen LogP contribution in [0.3, 0.4) is 0 Å². The van der Waals surface area contributed by atoms with Crippen LogP contribution in [0.5, 0.6) is 0 Å². The summed E-state index contributed by atoms with van der Waals surface area (Å²) >= 11 is 0. The Kier molecular flexibility index (Phi) is 5.33. The summed E-state index contributed by atoms with van der Waals surface area (Å²) in [6, 6.07) is 9.07. The number of carbonyl (C=O) groups is 1. The first-order chi connectivity index (χ1) is 9.97. The number of hydrogen-bond donors (Lipinski definition) is 1. The second kappa shape index (κ2) is 7.02. The van der Waals surface area contributed by atoms with Gasteiger partial charge in [-0.25, -0.2) is 17.5 Å². The van der Waals surface area contributed by atoms with E-state index in [1.54, 1.807) is 12.1 Å². The standard InChI is InChI=1S/C14H19NO5S/c16-14(17)10-20-13-6-8-15(9-7-13)21(18,19)11-12-4-2-1-3-5-12/h1-5,13H,6-11H2,(H,16,17). The minimum Gasteiger partial charge on any atom is -0.480 e. The minimum absolute atomic E-state index is 0.00547. The molecule has 1 saturated heterocycles. The maximum atomic E-state index is 12.3. The summed E-state index contributed by atoms with van der Waals surface area (Å²) in [6.45, 7) is 0.417. The highest BCUT2D eigenvalue weighted by Gasteiger charge is 2.28. The highest BCUT2D eigenvalue weighted by Crippen LogP contribution is 2.19. The predicted octanol–water partition coefficient (Wildman–Crippen LogP) is 1.08. The molecule has 1 N–H and O–H groups in total. The number of benzene rings is 1. The van der Waals surface area contributed by atoms with Crippen molar-refractivity contribution < 1.29 is 23.1 Å². The van der Waals surface area contributed by atoms with Gasteiger partial charge in [0.1, 0.15) is 6.61 Å². The zero-order valence-electron chi connectivity index (χ0n) is 11.6. The van der Waals surface area contributed by atoms with Crippen LogP contribution in [0.2, 0.25) is 0 Å². The highest BCUT2D eigenvalue weighted by molar-refractivity contribution is 7.88. The number of piperidine rings is 1. The van der Waals surface area contributed by atoms with E-state index in [0.717, 1.165) is 5.56 Å². The van der Waals surface area contributed by atoms with Crippen molar-refractivity contribution in [3.05, 3.63) is 35.9 Å². The monoisotopic (exact) mass is 313 g/mol. The molecular weight excluding hydrogens is 294 g/mol. The fraction of sp³-hybridized carbons (Fsp3) is 0.500. The Morgan fingerprint density at radius 2 is 1.86 bits per heavy atom. The van der Waals surface area contributed by atoms with Crippen molar-refractivity contribution in [1.82, 2.24) is 4.31 Å². The van der Waals surface area contributed by atoms with Gasteiger partial charge in [0, 0.05) is 13.1 Å². The molecular formula is C14H19NO5S. The summed E-state index contributed by atoms with van der Waals surface area (Å²) in [5.41, 5.74) is 0.766. The molecule has 1 aliphatic rings. The molecule has 0 unspecified atom stereocenters. The molecule has 0 radical (unpaired) electrons. The number of rotatable bonds is 6. The van der Waals surface area contributed by atoms with Gasteiger partial charge in [0.25, 0.3) is 0 Å². The van der Waals surface area contributed by atoms with Gasteiger partial charge in [-0.15, -0.1) is 0 Å². The summed E-state index contributed by atoms with van der Waals surface area (Å²) in [6.07, 6.45) is 0.882. The van der Waals surface area contributed by atoms with Crippen LogP contribution in [0.1, 0.15) is 18.4 Å². The first-order valence-corrected chi connectivity index (χ1v) is 8.43. The van der Waals surface area contributed by atoms with E-state index in [4.69, 9.17) is 9.84 Å². The van der Waals surface area contributed by atoms with Gasteiger partial charge in [-0.2, -0.15) is 0 Å². The zero-order chi connectivity index (χ0) is 15.3. The average molecular weight is 313 g/mol. The summed E-state index contributed by atoms with van der Waals surface area (Å²) in [5.74, 6) is -1.01. The van der Waals surface area contributed by atoms with E-state index in [-0.39, 0.29) is 18.5 Å². The van der Waals surface area contributed by atoms with Crippen LogP contribution in [-0.2, 0) is 25.3 Å². The normalized spacial score (nSPS) is 17.7. The molecule has 0 bridgehead atoms. The van der Waals surface area contributed by atoms with Crippen molar-refractivity contribution in [2.45, 2.75) is 24.7 Å². The third-order valence-electron chi connectivity index (χ3n) is 3.43. The Morgan fingerprint density at radius 3 is 2.43 bits per heavy atom. The number of nitrogens with zero attached hydrogens (tertiary/aromatic N) is 1. The van der Waals surface area contributed by atoms with Gasteiger partial charge in [-0.05, 0) is 18.4 Å². The Morgan fingerprint density at radius 1 is 1.24 bits per heavy atom. The summed E-state index contributed by atoms with van der Waals surface area (Å²) in [4.78, 5) is 10.4. The minimum atomic E-state index is -3.33. The molecule has 0 aliphatic carbocycles.